The number of rotatable bonds is 7. The van der Waals surface area contributed by atoms with Gasteiger partial charge in [-0.05, 0) is 36.7 Å². The summed E-state index contributed by atoms with van der Waals surface area (Å²) in [4.78, 5) is 14.4. The van der Waals surface area contributed by atoms with Gasteiger partial charge in [-0.1, -0.05) is 57.0 Å². The van der Waals surface area contributed by atoms with Crippen molar-refractivity contribution in [3.05, 3.63) is 35.9 Å². The first-order valence-corrected chi connectivity index (χ1v) is 9.32. The Labute approximate surface area is 146 Å². The number of nitrogens with zero attached hydrogens (tertiary/aromatic N) is 1. The van der Waals surface area contributed by atoms with Crippen molar-refractivity contribution in [2.45, 2.75) is 52.0 Å². The van der Waals surface area contributed by atoms with Gasteiger partial charge in [-0.15, -0.1) is 0 Å². The summed E-state index contributed by atoms with van der Waals surface area (Å²) in [6.07, 6.45) is 5.54. The van der Waals surface area contributed by atoms with Crippen LogP contribution in [-0.4, -0.2) is 41.8 Å². The molecule has 0 saturated heterocycles. The molecule has 1 saturated carbocycles. The predicted octanol–water partition coefficient (Wildman–Crippen LogP) is 3.45. The van der Waals surface area contributed by atoms with Gasteiger partial charge in [-0.3, -0.25) is 0 Å². The van der Waals surface area contributed by atoms with Crippen molar-refractivity contribution in [2.75, 3.05) is 19.7 Å². The molecule has 4 nitrogen and oxygen atoms in total. The van der Waals surface area contributed by atoms with E-state index in [4.69, 9.17) is 0 Å². The number of hydrogen-bond acceptors (Lipinski definition) is 2. The van der Waals surface area contributed by atoms with Crippen molar-refractivity contribution in [1.82, 2.24) is 10.2 Å². The second-order valence-corrected chi connectivity index (χ2v) is 7.19. The first-order chi connectivity index (χ1) is 11.6. The third-order valence-electron chi connectivity index (χ3n) is 5.15. The van der Waals surface area contributed by atoms with Gasteiger partial charge in [0.05, 0.1) is 6.61 Å². The van der Waals surface area contributed by atoms with E-state index in [2.05, 4.69) is 31.3 Å². The normalized spacial score (nSPS) is 20.8. The lowest BCUT2D eigenvalue weighted by Gasteiger charge is -2.36. The lowest BCUT2D eigenvalue weighted by atomic mass is 9.78. The van der Waals surface area contributed by atoms with Crippen LogP contribution in [-0.2, 0) is 6.42 Å². The SMILES string of the molecule is CC(C)C1CCCCC1NC(=O)N(CCO)CCc1ccccc1. The average molecular weight is 332 g/mol. The molecule has 24 heavy (non-hydrogen) atoms. The van der Waals surface area contributed by atoms with Crippen molar-refractivity contribution in [3.8, 4) is 0 Å². The monoisotopic (exact) mass is 332 g/mol. The number of amides is 2. The molecule has 0 heterocycles. The second-order valence-electron chi connectivity index (χ2n) is 7.19. The fraction of sp³-hybridized carbons (Fsp3) is 0.650. The van der Waals surface area contributed by atoms with Gasteiger partial charge >= 0.3 is 6.03 Å². The van der Waals surface area contributed by atoms with E-state index in [9.17, 15) is 9.90 Å². The van der Waals surface area contributed by atoms with E-state index < -0.39 is 0 Å². The summed E-state index contributed by atoms with van der Waals surface area (Å²) in [7, 11) is 0. The average Bonchev–Trinajstić information content (AvgIpc) is 2.59. The van der Waals surface area contributed by atoms with E-state index in [1.54, 1.807) is 4.90 Å². The summed E-state index contributed by atoms with van der Waals surface area (Å²) in [5.74, 6) is 1.15. The molecule has 1 aliphatic rings. The number of urea groups is 1. The van der Waals surface area contributed by atoms with Crippen LogP contribution in [0.3, 0.4) is 0 Å². The Morgan fingerprint density at radius 3 is 2.58 bits per heavy atom. The van der Waals surface area contributed by atoms with Crippen LogP contribution in [0.4, 0.5) is 4.79 Å². The summed E-state index contributed by atoms with van der Waals surface area (Å²) in [5, 5.41) is 12.6. The zero-order chi connectivity index (χ0) is 17.4. The molecule has 1 aliphatic carbocycles. The summed E-state index contributed by atoms with van der Waals surface area (Å²) < 4.78 is 0. The van der Waals surface area contributed by atoms with Crippen LogP contribution in [0.1, 0.15) is 45.1 Å². The molecule has 4 heteroatoms. The minimum atomic E-state index is -0.0301. The predicted molar refractivity (Wildman–Crippen MR) is 97.9 cm³/mol. The Balaban J connectivity index is 1.92. The number of aliphatic hydroxyl groups is 1. The highest BCUT2D eigenvalue weighted by molar-refractivity contribution is 5.74. The molecule has 0 spiro atoms. The number of nitrogens with one attached hydrogen (secondary N) is 1. The molecule has 0 aliphatic heterocycles. The third kappa shape index (κ3) is 5.52. The van der Waals surface area contributed by atoms with Gasteiger partial charge in [-0.2, -0.15) is 0 Å². The molecule has 0 bridgehead atoms. The van der Waals surface area contributed by atoms with Crippen LogP contribution >= 0.6 is 0 Å². The number of carbonyl (C=O) groups is 1. The van der Waals surface area contributed by atoms with Crippen LogP contribution in [0, 0.1) is 11.8 Å². The number of aliphatic hydroxyl groups excluding tert-OH is 1. The lowest BCUT2D eigenvalue weighted by molar-refractivity contribution is 0.156. The molecule has 134 valence electrons. The Morgan fingerprint density at radius 2 is 1.92 bits per heavy atom. The highest BCUT2D eigenvalue weighted by atomic mass is 16.3. The van der Waals surface area contributed by atoms with E-state index in [1.165, 1.54) is 24.8 Å². The van der Waals surface area contributed by atoms with Gasteiger partial charge in [0.2, 0.25) is 0 Å². The van der Waals surface area contributed by atoms with Gasteiger partial charge in [0.15, 0.2) is 0 Å². The first-order valence-electron chi connectivity index (χ1n) is 9.32. The fourth-order valence-corrected chi connectivity index (χ4v) is 3.73. The maximum atomic E-state index is 12.7. The van der Waals surface area contributed by atoms with Crippen molar-refractivity contribution < 1.29 is 9.90 Å². The minimum absolute atomic E-state index is 0.000482. The maximum Gasteiger partial charge on any atom is 0.317 e. The van der Waals surface area contributed by atoms with E-state index in [0.29, 0.717) is 24.9 Å². The summed E-state index contributed by atoms with van der Waals surface area (Å²) in [5.41, 5.74) is 1.21. The zero-order valence-electron chi connectivity index (χ0n) is 15.1. The van der Waals surface area contributed by atoms with Crippen molar-refractivity contribution in [1.29, 1.82) is 0 Å². The van der Waals surface area contributed by atoms with Crippen molar-refractivity contribution in [3.63, 3.8) is 0 Å². The number of carbonyl (C=O) groups excluding carboxylic acids is 1. The third-order valence-corrected chi connectivity index (χ3v) is 5.15. The molecule has 2 unspecified atom stereocenters. The van der Waals surface area contributed by atoms with Crippen molar-refractivity contribution in [2.24, 2.45) is 11.8 Å². The smallest absolute Gasteiger partial charge is 0.317 e. The second kappa shape index (κ2) is 9.67. The highest BCUT2D eigenvalue weighted by Gasteiger charge is 2.29. The Kier molecular flexibility index (Phi) is 7.57. The molecule has 2 N–H and O–H groups in total. The van der Waals surface area contributed by atoms with E-state index in [0.717, 1.165) is 12.8 Å². The lowest BCUT2D eigenvalue weighted by Crippen LogP contribution is -2.50. The van der Waals surface area contributed by atoms with Gasteiger partial charge in [-0.25, -0.2) is 4.79 Å². The molecular formula is C20H32N2O2. The molecule has 2 rings (SSSR count). The van der Waals surface area contributed by atoms with Gasteiger partial charge in [0.25, 0.3) is 0 Å². The molecule has 0 radical (unpaired) electrons. The molecule has 0 aromatic heterocycles. The minimum Gasteiger partial charge on any atom is -0.395 e. The maximum absolute atomic E-state index is 12.7. The van der Waals surface area contributed by atoms with Gasteiger partial charge < -0.3 is 15.3 Å². The summed E-state index contributed by atoms with van der Waals surface area (Å²) >= 11 is 0. The Hall–Kier alpha value is -1.55. The largest absolute Gasteiger partial charge is 0.395 e. The molecule has 2 amide bonds. The molecule has 1 aromatic carbocycles. The molecular weight excluding hydrogens is 300 g/mol. The van der Waals surface area contributed by atoms with Crippen LogP contribution in [0.5, 0.6) is 0 Å². The topological polar surface area (TPSA) is 52.6 Å². The van der Waals surface area contributed by atoms with E-state index >= 15 is 0 Å². The van der Waals surface area contributed by atoms with Crippen LogP contribution in [0.15, 0.2) is 30.3 Å². The Morgan fingerprint density at radius 1 is 1.21 bits per heavy atom. The summed E-state index contributed by atoms with van der Waals surface area (Å²) in [6.45, 7) is 5.51. The van der Waals surface area contributed by atoms with Crippen LogP contribution in [0.2, 0.25) is 0 Å². The highest BCUT2D eigenvalue weighted by Crippen LogP contribution is 2.30. The molecule has 1 aromatic rings. The zero-order valence-corrected chi connectivity index (χ0v) is 15.1. The van der Waals surface area contributed by atoms with Gasteiger partial charge in [0, 0.05) is 19.1 Å². The fourth-order valence-electron chi connectivity index (χ4n) is 3.73. The van der Waals surface area contributed by atoms with E-state index in [1.807, 2.05) is 18.2 Å². The number of hydrogen-bond donors (Lipinski definition) is 2. The molecule has 1 fully saturated rings. The van der Waals surface area contributed by atoms with Crippen molar-refractivity contribution >= 4 is 6.03 Å². The first kappa shape index (κ1) is 18.8. The molecule has 2 atom stereocenters. The van der Waals surface area contributed by atoms with Gasteiger partial charge in [0.1, 0.15) is 0 Å². The van der Waals surface area contributed by atoms with Crippen LogP contribution < -0.4 is 5.32 Å². The number of benzene rings is 1. The summed E-state index contributed by atoms with van der Waals surface area (Å²) in [6, 6.07) is 10.4. The quantitative estimate of drug-likeness (QED) is 0.803. The van der Waals surface area contributed by atoms with E-state index in [-0.39, 0.29) is 18.7 Å². The van der Waals surface area contributed by atoms with Crippen LogP contribution in [0.25, 0.3) is 0 Å². The Bertz CT molecular complexity index is 490. The standard InChI is InChI=1S/C20H32N2O2/c1-16(2)18-10-6-7-11-19(18)21-20(24)22(14-15-23)13-12-17-8-4-3-5-9-17/h3-5,8-9,16,18-19,23H,6-7,10-15H2,1-2H3,(H,21,24).